The van der Waals surface area contributed by atoms with Crippen LogP contribution < -0.4 is 0 Å². The Kier molecular flexibility index (Phi) is 6.43. The molecule has 0 saturated carbocycles. The standard InChI is InChI=1S/C13H24O5/c1-4-7-9-11(6-3)13(17-18-13)16-12(14)15-10-8-5-2/h11H,4-10H2,1-3H3. The third kappa shape index (κ3) is 4.46. The molecule has 0 aromatic heterocycles. The largest absolute Gasteiger partial charge is 0.512 e. The van der Waals surface area contributed by atoms with Gasteiger partial charge in [0.1, 0.15) is 0 Å². The highest BCUT2D eigenvalue weighted by Crippen LogP contribution is 2.43. The summed E-state index contributed by atoms with van der Waals surface area (Å²) in [7, 11) is 0. The summed E-state index contributed by atoms with van der Waals surface area (Å²) >= 11 is 0. The summed E-state index contributed by atoms with van der Waals surface area (Å²) in [4.78, 5) is 21.3. The van der Waals surface area contributed by atoms with Gasteiger partial charge in [0.05, 0.1) is 12.5 Å². The van der Waals surface area contributed by atoms with Gasteiger partial charge in [-0.1, -0.05) is 40.0 Å². The normalized spacial score (nSPS) is 18.2. The van der Waals surface area contributed by atoms with E-state index in [0.29, 0.717) is 6.61 Å². The van der Waals surface area contributed by atoms with Crippen LogP contribution in [0.3, 0.4) is 0 Å². The second-order valence-electron chi connectivity index (χ2n) is 4.57. The first kappa shape index (κ1) is 15.2. The molecule has 0 radical (unpaired) electrons. The van der Waals surface area contributed by atoms with Crippen molar-refractivity contribution in [3.63, 3.8) is 0 Å². The molecule has 106 valence electrons. The molecule has 1 fully saturated rings. The maximum absolute atomic E-state index is 11.5. The third-order valence-electron chi connectivity index (χ3n) is 3.09. The predicted octanol–water partition coefficient (Wildman–Crippen LogP) is 3.77. The van der Waals surface area contributed by atoms with Crippen molar-refractivity contribution in [2.45, 2.75) is 65.3 Å². The molecule has 5 heteroatoms. The minimum Gasteiger partial charge on any atom is -0.434 e. The molecule has 0 N–H and O–H groups in total. The molecule has 0 aromatic carbocycles. The second-order valence-corrected chi connectivity index (χ2v) is 4.57. The first-order valence-electron chi connectivity index (χ1n) is 6.91. The second kappa shape index (κ2) is 7.59. The number of carbonyl (C=O) groups excluding carboxylic acids is 1. The summed E-state index contributed by atoms with van der Waals surface area (Å²) in [6, 6.07) is 0. The van der Waals surface area contributed by atoms with Crippen molar-refractivity contribution >= 4 is 6.16 Å². The Morgan fingerprint density at radius 3 is 2.33 bits per heavy atom. The van der Waals surface area contributed by atoms with Gasteiger partial charge in [-0.25, -0.2) is 4.79 Å². The summed E-state index contributed by atoms with van der Waals surface area (Å²) in [5, 5.41) is 0. The van der Waals surface area contributed by atoms with Crippen LogP contribution in [0.4, 0.5) is 4.79 Å². The maximum Gasteiger partial charge on any atom is 0.512 e. The van der Waals surface area contributed by atoms with Gasteiger partial charge in [0, 0.05) is 0 Å². The van der Waals surface area contributed by atoms with Crippen LogP contribution in [0.1, 0.15) is 59.3 Å². The number of carbonyl (C=O) groups is 1. The molecule has 0 bridgehead atoms. The zero-order chi connectivity index (χ0) is 13.4. The van der Waals surface area contributed by atoms with Crippen molar-refractivity contribution < 1.29 is 24.0 Å². The lowest BCUT2D eigenvalue weighted by Gasteiger charge is -2.18. The number of unbranched alkanes of at least 4 members (excludes halogenated alkanes) is 2. The fourth-order valence-electron chi connectivity index (χ4n) is 1.82. The number of hydrogen-bond acceptors (Lipinski definition) is 5. The molecule has 0 aromatic rings. The van der Waals surface area contributed by atoms with E-state index >= 15 is 0 Å². The highest BCUT2D eigenvalue weighted by atomic mass is 17.5. The first-order valence-corrected chi connectivity index (χ1v) is 6.91. The van der Waals surface area contributed by atoms with Gasteiger partial charge in [-0.15, -0.1) is 0 Å². The van der Waals surface area contributed by atoms with Crippen LogP contribution >= 0.6 is 0 Å². The summed E-state index contributed by atoms with van der Waals surface area (Å²) in [6.45, 7) is 6.55. The quantitative estimate of drug-likeness (QED) is 0.273. The number of rotatable bonds is 9. The van der Waals surface area contributed by atoms with Gasteiger partial charge in [0.25, 0.3) is 0 Å². The van der Waals surface area contributed by atoms with Crippen LogP contribution in [0.15, 0.2) is 0 Å². The lowest BCUT2D eigenvalue weighted by molar-refractivity contribution is -0.0799. The fourth-order valence-corrected chi connectivity index (χ4v) is 1.82. The highest BCUT2D eigenvalue weighted by Gasteiger charge is 2.59. The molecule has 0 aliphatic carbocycles. The lowest BCUT2D eigenvalue weighted by atomic mass is 9.97. The minimum atomic E-state index is -1.19. The predicted molar refractivity (Wildman–Crippen MR) is 65.5 cm³/mol. The van der Waals surface area contributed by atoms with E-state index in [0.717, 1.165) is 38.5 Å². The zero-order valence-corrected chi connectivity index (χ0v) is 11.6. The zero-order valence-electron chi connectivity index (χ0n) is 11.6. The van der Waals surface area contributed by atoms with E-state index in [2.05, 4.69) is 6.92 Å². The van der Waals surface area contributed by atoms with Crippen molar-refractivity contribution in [1.29, 1.82) is 0 Å². The molecule has 1 rings (SSSR count). The van der Waals surface area contributed by atoms with Crippen LogP contribution in [0, 0.1) is 5.92 Å². The average molecular weight is 260 g/mol. The molecule has 5 nitrogen and oxygen atoms in total. The van der Waals surface area contributed by atoms with Crippen LogP contribution in [-0.4, -0.2) is 18.7 Å². The van der Waals surface area contributed by atoms with Crippen molar-refractivity contribution in [2.24, 2.45) is 5.92 Å². The Labute approximate surface area is 109 Å². The Morgan fingerprint density at radius 1 is 1.17 bits per heavy atom. The van der Waals surface area contributed by atoms with E-state index < -0.39 is 12.1 Å². The van der Waals surface area contributed by atoms with Crippen LogP contribution in [0.5, 0.6) is 0 Å². The highest BCUT2D eigenvalue weighted by molar-refractivity contribution is 5.60. The maximum atomic E-state index is 11.5. The molecule has 1 aliphatic rings. The Bertz CT molecular complexity index is 250. The molecule has 0 spiro atoms. The van der Waals surface area contributed by atoms with Gasteiger partial charge in [0.2, 0.25) is 0 Å². The Hall–Kier alpha value is -0.810. The Morgan fingerprint density at radius 2 is 1.83 bits per heavy atom. The molecule has 1 saturated heterocycles. The fraction of sp³-hybridized carbons (Fsp3) is 0.923. The topological polar surface area (TPSA) is 60.6 Å². The number of ether oxygens (including phenoxy) is 2. The number of hydrogen-bond donors (Lipinski definition) is 0. The monoisotopic (exact) mass is 260 g/mol. The van der Waals surface area contributed by atoms with Gasteiger partial charge in [0.15, 0.2) is 0 Å². The van der Waals surface area contributed by atoms with E-state index in [1.165, 1.54) is 0 Å². The van der Waals surface area contributed by atoms with E-state index in [-0.39, 0.29) is 5.92 Å². The van der Waals surface area contributed by atoms with Crippen molar-refractivity contribution in [1.82, 2.24) is 0 Å². The molecule has 1 heterocycles. The molecule has 1 aliphatic heterocycles. The van der Waals surface area contributed by atoms with Gasteiger partial charge in [-0.3, -0.25) is 0 Å². The van der Waals surface area contributed by atoms with Gasteiger partial charge < -0.3 is 9.47 Å². The SMILES string of the molecule is CCCCOC(=O)OC1(C(CC)CCCC)OO1. The molecular weight excluding hydrogens is 236 g/mol. The molecule has 18 heavy (non-hydrogen) atoms. The van der Waals surface area contributed by atoms with E-state index in [9.17, 15) is 4.79 Å². The van der Waals surface area contributed by atoms with E-state index in [1.807, 2.05) is 13.8 Å². The van der Waals surface area contributed by atoms with Crippen LogP contribution in [0.25, 0.3) is 0 Å². The summed E-state index contributed by atoms with van der Waals surface area (Å²) in [6.07, 6.45) is 4.98. The molecule has 1 atom stereocenters. The molecule has 0 amide bonds. The lowest BCUT2D eigenvalue weighted by Crippen LogP contribution is -2.30. The van der Waals surface area contributed by atoms with Gasteiger partial charge in [-0.05, 0) is 19.3 Å². The molecule has 1 unspecified atom stereocenters. The first-order chi connectivity index (χ1) is 8.68. The van der Waals surface area contributed by atoms with Crippen LogP contribution in [-0.2, 0) is 19.2 Å². The van der Waals surface area contributed by atoms with Crippen LogP contribution in [0.2, 0.25) is 0 Å². The molecular formula is C13H24O5. The smallest absolute Gasteiger partial charge is 0.434 e. The van der Waals surface area contributed by atoms with E-state index in [1.54, 1.807) is 0 Å². The Balaban J connectivity index is 2.35. The minimum absolute atomic E-state index is 0.0659. The van der Waals surface area contributed by atoms with Crippen molar-refractivity contribution in [2.75, 3.05) is 6.61 Å². The third-order valence-corrected chi connectivity index (χ3v) is 3.09. The van der Waals surface area contributed by atoms with Crippen molar-refractivity contribution in [3.8, 4) is 0 Å². The van der Waals surface area contributed by atoms with Gasteiger partial charge in [-0.2, -0.15) is 9.78 Å². The summed E-state index contributed by atoms with van der Waals surface area (Å²) < 4.78 is 10.1. The summed E-state index contributed by atoms with van der Waals surface area (Å²) in [5.74, 6) is -1.12. The average Bonchev–Trinajstić information content (AvgIpc) is 3.11. The summed E-state index contributed by atoms with van der Waals surface area (Å²) in [5.41, 5.74) is 0. The van der Waals surface area contributed by atoms with Crippen molar-refractivity contribution in [3.05, 3.63) is 0 Å². The van der Waals surface area contributed by atoms with Gasteiger partial charge >= 0.3 is 12.1 Å². The van der Waals surface area contributed by atoms with E-state index in [4.69, 9.17) is 19.2 Å².